The largest absolute Gasteiger partial charge is 0.511 e. The maximum atomic E-state index is 13.8. The number of primary amides is 1. The van der Waals surface area contributed by atoms with Crippen molar-refractivity contribution >= 4 is 17.5 Å². The van der Waals surface area contributed by atoms with Crippen LogP contribution < -0.4 is 11.1 Å². The Labute approximate surface area is 236 Å². The van der Waals surface area contributed by atoms with Crippen LogP contribution in [0.25, 0.3) is 11.1 Å². The molecule has 6 N–H and O–H groups in total. The highest BCUT2D eigenvalue weighted by Crippen LogP contribution is 2.50. The Hall–Kier alpha value is -4.69. The first-order chi connectivity index (χ1) is 19.7. The smallest absolute Gasteiger partial charge is 0.255 e. The minimum Gasteiger partial charge on any atom is -0.511 e. The van der Waals surface area contributed by atoms with E-state index in [-0.39, 0.29) is 29.1 Å². The molecule has 0 saturated carbocycles. The van der Waals surface area contributed by atoms with Gasteiger partial charge >= 0.3 is 0 Å². The topological polar surface area (TPSA) is 150 Å². The minimum atomic E-state index is -1.13. The first-order valence-electron chi connectivity index (χ1n) is 13.7. The number of phenols is 1. The second-order valence-electron chi connectivity index (χ2n) is 11.0. The lowest BCUT2D eigenvalue weighted by molar-refractivity contribution is -0.126. The van der Waals surface area contributed by atoms with Gasteiger partial charge in [0.2, 0.25) is 0 Å². The Morgan fingerprint density at radius 2 is 1.56 bits per heavy atom. The van der Waals surface area contributed by atoms with Crippen LogP contribution in [0.15, 0.2) is 89.4 Å². The fourth-order valence-electron chi connectivity index (χ4n) is 6.66. The van der Waals surface area contributed by atoms with Crippen molar-refractivity contribution in [3.8, 4) is 16.9 Å². The number of rotatable bonds is 6. The molecule has 3 aromatic rings. The number of fused-ring (bicyclic) bond motifs is 3. The van der Waals surface area contributed by atoms with Gasteiger partial charge < -0.3 is 26.4 Å². The lowest BCUT2D eigenvalue weighted by Gasteiger charge is -2.41. The third-order valence-corrected chi connectivity index (χ3v) is 8.54. The van der Waals surface area contributed by atoms with Gasteiger partial charge in [0.1, 0.15) is 22.8 Å². The van der Waals surface area contributed by atoms with E-state index >= 15 is 0 Å². The van der Waals surface area contributed by atoms with Crippen LogP contribution in [0.5, 0.6) is 5.75 Å². The summed E-state index contributed by atoms with van der Waals surface area (Å²) < 4.78 is 0. The summed E-state index contributed by atoms with van der Waals surface area (Å²) in [5.41, 5.74) is 9.69. The van der Waals surface area contributed by atoms with Gasteiger partial charge in [-0.3, -0.25) is 14.4 Å². The van der Waals surface area contributed by atoms with E-state index in [2.05, 4.69) is 17.4 Å². The highest BCUT2D eigenvalue weighted by molar-refractivity contribution is 6.22. The minimum absolute atomic E-state index is 0.0102. The van der Waals surface area contributed by atoms with Crippen LogP contribution in [0.1, 0.15) is 39.9 Å². The summed E-state index contributed by atoms with van der Waals surface area (Å²) in [6, 6.07) is 21.5. The molecule has 0 saturated heterocycles. The summed E-state index contributed by atoms with van der Waals surface area (Å²) in [6.45, 7) is 1.45. The Bertz CT molecular complexity index is 1640. The van der Waals surface area contributed by atoms with Crippen molar-refractivity contribution in [1.29, 1.82) is 0 Å². The van der Waals surface area contributed by atoms with Crippen molar-refractivity contribution in [2.24, 2.45) is 23.5 Å². The van der Waals surface area contributed by atoms with Gasteiger partial charge in [-0.25, -0.2) is 0 Å². The highest BCUT2D eigenvalue weighted by Gasteiger charge is 2.50. The van der Waals surface area contributed by atoms with E-state index in [1.807, 2.05) is 42.5 Å². The number of hydrogen-bond donors (Lipinski definition) is 5. The first kappa shape index (κ1) is 26.5. The number of allylic oxidation sites excluding steroid dienone is 3. The van der Waals surface area contributed by atoms with Crippen LogP contribution in [0.4, 0.5) is 0 Å². The van der Waals surface area contributed by atoms with E-state index in [0.29, 0.717) is 24.9 Å². The maximum absolute atomic E-state index is 13.8. The van der Waals surface area contributed by atoms with Crippen molar-refractivity contribution < 1.29 is 29.7 Å². The van der Waals surface area contributed by atoms with Gasteiger partial charge in [-0.1, -0.05) is 60.7 Å². The van der Waals surface area contributed by atoms with Crippen molar-refractivity contribution in [3.05, 3.63) is 112 Å². The summed E-state index contributed by atoms with van der Waals surface area (Å²) in [5, 5.41) is 35.7. The molecule has 0 spiro atoms. The molecule has 6 rings (SSSR count). The van der Waals surface area contributed by atoms with Gasteiger partial charge in [-0.05, 0) is 58.6 Å². The van der Waals surface area contributed by atoms with Gasteiger partial charge in [0.25, 0.3) is 5.91 Å². The fourth-order valence-corrected chi connectivity index (χ4v) is 6.66. The van der Waals surface area contributed by atoms with E-state index in [0.717, 1.165) is 23.2 Å². The third-order valence-electron chi connectivity index (χ3n) is 8.54. The molecule has 41 heavy (non-hydrogen) atoms. The van der Waals surface area contributed by atoms with Crippen LogP contribution in [0.3, 0.4) is 0 Å². The van der Waals surface area contributed by atoms with Crippen LogP contribution in [-0.4, -0.2) is 32.8 Å². The number of carbonyl (C=O) groups excluding carboxylic acids is 3. The number of aliphatic hydroxyl groups is 2. The van der Waals surface area contributed by atoms with Gasteiger partial charge in [0.05, 0.1) is 11.5 Å². The number of ketones is 2. The Morgan fingerprint density at radius 1 is 0.878 bits per heavy atom. The average Bonchev–Trinajstić information content (AvgIpc) is 2.93. The summed E-state index contributed by atoms with van der Waals surface area (Å²) in [4.78, 5) is 38.6. The van der Waals surface area contributed by atoms with Crippen molar-refractivity contribution in [2.45, 2.75) is 32.4 Å². The Morgan fingerprint density at radius 3 is 2.24 bits per heavy atom. The van der Waals surface area contributed by atoms with E-state index in [1.165, 1.54) is 11.6 Å². The van der Waals surface area contributed by atoms with Crippen molar-refractivity contribution in [1.82, 2.24) is 5.32 Å². The number of nitrogens with two attached hydrogens (primary N) is 1. The molecule has 0 radical (unpaired) electrons. The van der Waals surface area contributed by atoms with E-state index in [4.69, 9.17) is 5.73 Å². The molecular weight excluding hydrogens is 520 g/mol. The van der Waals surface area contributed by atoms with E-state index in [9.17, 15) is 29.7 Å². The molecule has 8 heteroatoms. The summed E-state index contributed by atoms with van der Waals surface area (Å²) in [5.74, 6) is -5.34. The van der Waals surface area contributed by atoms with Crippen LogP contribution in [-0.2, 0) is 29.1 Å². The summed E-state index contributed by atoms with van der Waals surface area (Å²) in [7, 11) is 0. The summed E-state index contributed by atoms with van der Waals surface area (Å²) >= 11 is 0. The zero-order valence-corrected chi connectivity index (χ0v) is 22.3. The highest BCUT2D eigenvalue weighted by atomic mass is 16.3. The first-order valence-corrected chi connectivity index (χ1v) is 13.7. The SMILES string of the molecule is NC(=O)C1=C(O)CC2CC3Cc4c(-c5ccc(CNCc6ccccc6)cc5)ccc(O)c4C(=O)C3=C(O)C2C1=O. The number of aliphatic hydroxyl groups excluding tert-OH is 2. The standard InChI is InChI=1S/C33H30N2O6/c34-33(41)29-25(37)14-21-12-20-13-23-22(10-11-24(36)28(23)31(39)26(20)30(38)27(21)32(29)40)19-8-6-18(7-9-19)16-35-15-17-4-2-1-3-5-17/h1-11,20-21,27,35-38H,12-16H2,(H2,34,41). The second-order valence-corrected chi connectivity index (χ2v) is 11.0. The van der Waals surface area contributed by atoms with Crippen molar-refractivity contribution in [3.63, 3.8) is 0 Å². The molecular formula is C33H30N2O6. The number of amides is 1. The Kier molecular flexibility index (Phi) is 6.71. The molecule has 8 nitrogen and oxygen atoms in total. The molecule has 0 fully saturated rings. The number of benzene rings is 3. The predicted octanol–water partition coefficient (Wildman–Crippen LogP) is 4.42. The lowest BCUT2D eigenvalue weighted by Crippen LogP contribution is -2.43. The molecule has 3 aromatic carbocycles. The molecule has 1 amide bonds. The van der Waals surface area contributed by atoms with Gasteiger partial charge in [-0.2, -0.15) is 0 Å². The molecule has 0 aromatic heterocycles. The number of carbonyl (C=O) groups is 3. The molecule has 208 valence electrons. The molecule has 0 aliphatic heterocycles. The van der Waals surface area contributed by atoms with Crippen LogP contribution in [0, 0.1) is 17.8 Å². The molecule has 3 atom stereocenters. The normalized spacial score (nSPS) is 21.8. The number of hydrogen-bond acceptors (Lipinski definition) is 7. The third kappa shape index (κ3) is 4.60. The fraction of sp³-hybridized carbons (Fsp3) is 0.242. The number of phenolic OH excluding ortho intramolecular Hbond substituents is 1. The zero-order valence-electron chi connectivity index (χ0n) is 22.3. The van der Waals surface area contributed by atoms with Gasteiger partial charge in [0, 0.05) is 25.1 Å². The monoisotopic (exact) mass is 550 g/mol. The predicted molar refractivity (Wildman–Crippen MR) is 152 cm³/mol. The van der Waals surface area contributed by atoms with Crippen molar-refractivity contribution in [2.75, 3.05) is 0 Å². The second kappa shape index (κ2) is 10.4. The van der Waals surface area contributed by atoms with E-state index in [1.54, 1.807) is 6.07 Å². The molecule has 3 aliphatic rings. The van der Waals surface area contributed by atoms with Crippen LogP contribution in [0.2, 0.25) is 0 Å². The zero-order chi connectivity index (χ0) is 28.8. The number of nitrogens with one attached hydrogen (secondary N) is 1. The average molecular weight is 551 g/mol. The molecule has 0 heterocycles. The van der Waals surface area contributed by atoms with E-state index < -0.39 is 46.6 Å². The number of Topliss-reactive ketones (excluding diaryl/α,β-unsaturated/α-hetero) is 2. The Balaban J connectivity index is 1.29. The summed E-state index contributed by atoms with van der Waals surface area (Å²) in [6.07, 6.45) is 0.740. The molecule has 3 aliphatic carbocycles. The maximum Gasteiger partial charge on any atom is 0.255 e. The number of aromatic hydroxyl groups is 1. The lowest BCUT2D eigenvalue weighted by atomic mass is 9.62. The molecule has 3 unspecified atom stereocenters. The van der Waals surface area contributed by atoms with Gasteiger partial charge in [-0.15, -0.1) is 0 Å². The quantitative estimate of drug-likeness (QED) is 0.285. The van der Waals surface area contributed by atoms with Gasteiger partial charge in [0.15, 0.2) is 11.6 Å². The van der Waals surface area contributed by atoms with Crippen LogP contribution >= 0.6 is 0 Å². The molecule has 0 bridgehead atoms.